The van der Waals surface area contributed by atoms with Crippen LogP contribution in [0, 0.1) is 5.92 Å². The van der Waals surface area contributed by atoms with Gasteiger partial charge in [-0.1, -0.05) is 19.1 Å². The number of H-pyrrole nitrogens is 1. The molecule has 176 valence electrons. The van der Waals surface area contributed by atoms with Crippen LogP contribution in [0.15, 0.2) is 54.7 Å². The molecule has 1 atom stereocenters. The molecule has 0 radical (unpaired) electrons. The van der Waals surface area contributed by atoms with Gasteiger partial charge in [-0.25, -0.2) is 0 Å². The Kier molecular flexibility index (Phi) is 8.22. The summed E-state index contributed by atoms with van der Waals surface area (Å²) in [5.41, 5.74) is 11.5. The average molecular weight is 450 g/mol. The lowest BCUT2D eigenvalue weighted by Gasteiger charge is -2.31. The zero-order valence-corrected chi connectivity index (χ0v) is 19.4. The molecule has 0 aliphatic carbocycles. The second-order valence-electron chi connectivity index (χ2n) is 8.71. The Morgan fingerprint density at radius 3 is 2.88 bits per heavy atom. The van der Waals surface area contributed by atoms with Crippen molar-refractivity contribution in [2.24, 2.45) is 5.92 Å². The summed E-state index contributed by atoms with van der Waals surface area (Å²) < 4.78 is 11.5. The van der Waals surface area contributed by atoms with E-state index in [0.29, 0.717) is 12.5 Å². The van der Waals surface area contributed by atoms with Gasteiger partial charge in [0.25, 0.3) is 0 Å². The van der Waals surface area contributed by atoms with Gasteiger partial charge >= 0.3 is 0 Å². The van der Waals surface area contributed by atoms with E-state index in [2.05, 4.69) is 51.6 Å². The molecule has 1 unspecified atom stereocenters. The lowest BCUT2D eigenvalue weighted by molar-refractivity contribution is 0.122. The van der Waals surface area contributed by atoms with Gasteiger partial charge in [-0.15, -0.1) is 0 Å². The number of benzene rings is 2. The summed E-state index contributed by atoms with van der Waals surface area (Å²) in [6.07, 6.45) is 3.89. The van der Waals surface area contributed by atoms with Crippen molar-refractivity contribution in [3.8, 4) is 17.0 Å². The van der Waals surface area contributed by atoms with Crippen LogP contribution in [0.3, 0.4) is 0 Å². The molecule has 0 amide bonds. The number of ether oxygens (including phenoxy) is 2. The summed E-state index contributed by atoms with van der Waals surface area (Å²) in [5, 5.41) is 10.6. The fraction of sp³-hybridized carbons (Fsp3) is 0.423. The predicted molar refractivity (Wildman–Crippen MR) is 134 cm³/mol. The van der Waals surface area contributed by atoms with Gasteiger partial charge < -0.3 is 25.4 Å². The monoisotopic (exact) mass is 449 g/mol. The van der Waals surface area contributed by atoms with E-state index in [-0.39, 0.29) is 0 Å². The summed E-state index contributed by atoms with van der Waals surface area (Å²) in [6.45, 7) is 8.21. The second-order valence-corrected chi connectivity index (χ2v) is 8.71. The van der Waals surface area contributed by atoms with Crippen molar-refractivity contribution in [3.63, 3.8) is 0 Å². The van der Waals surface area contributed by atoms with E-state index in [1.165, 1.54) is 11.3 Å². The quantitative estimate of drug-likeness (QED) is 0.302. The Morgan fingerprint density at radius 1 is 1.18 bits per heavy atom. The van der Waals surface area contributed by atoms with Crippen LogP contribution in [0.5, 0.6) is 5.75 Å². The number of aromatic amines is 1. The highest BCUT2D eigenvalue weighted by Crippen LogP contribution is 2.25. The summed E-state index contributed by atoms with van der Waals surface area (Å²) in [7, 11) is 0. The second kappa shape index (κ2) is 11.7. The number of rotatable bonds is 11. The Hall–Kier alpha value is -3.03. The average Bonchev–Trinajstić information content (AvgIpc) is 3.38. The first-order valence-electron chi connectivity index (χ1n) is 11.8. The molecule has 1 fully saturated rings. The molecular formula is C26H35N5O2. The van der Waals surface area contributed by atoms with Gasteiger partial charge in [0.15, 0.2) is 0 Å². The first-order valence-corrected chi connectivity index (χ1v) is 11.8. The highest BCUT2D eigenvalue weighted by Gasteiger charge is 2.15. The maximum atomic E-state index is 6.06. The van der Waals surface area contributed by atoms with E-state index in [1.807, 2.05) is 24.3 Å². The van der Waals surface area contributed by atoms with E-state index in [1.54, 1.807) is 6.20 Å². The molecule has 4 N–H and O–H groups in total. The summed E-state index contributed by atoms with van der Waals surface area (Å²) in [5.74, 6) is 1.46. The Labute approximate surface area is 196 Å². The van der Waals surface area contributed by atoms with E-state index in [4.69, 9.17) is 15.2 Å². The third-order valence-corrected chi connectivity index (χ3v) is 6.02. The molecule has 1 aromatic heterocycles. The maximum absolute atomic E-state index is 6.06. The minimum absolute atomic E-state index is 0.567. The zero-order valence-electron chi connectivity index (χ0n) is 19.4. The van der Waals surface area contributed by atoms with Gasteiger partial charge in [-0.3, -0.25) is 5.10 Å². The third kappa shape index (κ3) is 6.73. The van der Waals surface area contributed by atoms with Gasteiger partial charge in [0.05, 0.1) is 25.5 Å². The van der Waals surface area contributed by atoms with Crippen LogP contribution in [-0.4, -0.2) is 49.7 Å². The normalized spacial score (nSPS) is 14.9. The first kappa shape index (κ1) is 23.1. The van der Waals surface area contributed by atoms with Crippen LogP contribution < -0.4 is 20.7 Å². The van der Waals surface area contributed by atoms with E-state index < -0.39 is 0 Å². The SMILES string of the molecule is CC(CCCOc1cccc(-c2ccn[nH]2)c1)CNCc1cc(N)ccc1N1CCOCC1. The molecule has 1 saturated heterocycles. The van der Waals surface area contributed by atoms with Crippen LogP contribution in [-0.2, 0) is 11.3 Å². The van der Waals surface area contributed by atoms with Gasteiger partial charge in [0, 0.05) is 42.8 Å². The smallest absolute Gasteiger partial charge is 0.119 e. The summed E-state index contributed by atoms with van der Waals surface area (Å²) in [6, 6.07) is 16.3. The van der Waals surface area contributed by atoms with Crippen LogP contribution >= 0.6 is 0 Å². The topological polar surface area (TPSA) is 88.4 Å². The molecule has 1 aliphatic rings. The van der Waals surface area contributed by atoms with Crippen molar-refractivity contribution in [2.45, 2.75) is 26.3 Å². The van der Waals surface area contributed by atoms with Gasteiger partial charge in [0.2, 0.25) is 0 Å². The van der Waals surface area contributed by atoms with Crippen molar-refractivity contribution in [1.82, 2.24) is 15.5 Å². The van der Waals surface area contributed by atoms with Gasteiger partial charge in [-0.05, 0) is 67.3 Å². The number of nitrogens with one attached hydrogen (secondary N) is 2. The molecule has 1 aliphatic heterocycles. The summed E-state index contributed by atoms with van der Waals surface area (Å²) in [4.78, 5) is 2.39. The molecule has 0 saturated carbocycles. The molecule has 0 spiro atoms. The fourth-order valence-corrected chi connectivity index (χ4v) is 4.21. The molecule has 2 heterocycles. The number of aromatic nitrogens is 2. The third-order valence-electron chi connectivity index (χ3n) is 6.02. The van der Waals surface area contributed by atoms with E-state index in [9.17, 15) is 0 Å². The van der Waals surface area contributed by atoms with E-state index in [0.717, 1.165) is 74.9 Å². The standard InChI is InChI=1S/C26H35N5O2/c1-20(4-3-13-33-24-6-2-5-21(17-24)25-9-10-29-30-25)18-28-19-22-16-23(27)7-8-26(22)31-11-14-32-15-12-31/h2,5-10,16-17,20,28H,3-4,11-15,18-19,27H2,1H3,(H,29,30). The maximum Gasteiger partial charge on any atom is 0.119 e. The predicted octanol–water partition coefficient (Wildman–Crippen LogP) is 4.08. The first-order chi connectivity index (χ1) is 16.2. The molecule has 3 aromatic rings. The number of nitrogens with two attached hydrogens (primary N) is 1. The largest absolute Gasteiger partial charge is 0.494 e. The number of anilines is 2. The van der Waals surface area contributed by atoms with Crippen LogP contribution in [0.25, 0.3) is 11.3 Å². The van der Waals surface area contributed by atoms with Crippen LogP contribution in [0.4, 0.5) is 11.4 Å². The molecule has 4 rings (SSSR count). The Morgan fingerprint density at radius 2 is 2.06 bits per heavy atom. The molecule has 7 nitrogen and oxygen atoms in total. The number of hydrogen-bond donors (Lipinski definition) is 3. The molecule has 2 aromatic carbocycles. The number of morpholine rings is 1. The highest BCUT2D eigenvalue weighted by molar-refractivity contribution is 5.61. The Balaban J connectivity index is 1.18. The minimum Gasteiger partial charge on any atom is -0.494 e. The number of hydrogen-bond acceptors (Lipinski definition) is 6. The van der Waals surface area contributed by atoms with Crippen molar-refractivity contribution >= 4 is 11.4 Å². The van der Waals surface area contributed by atoms with Crippen molar-refractivity contribution in [3.05, 3.63) is 60.3 Å². The fourth-order valence-electron chi connectivity index (χ4n) is 4.21. The van der Waals surface area contributed by atoms with Gasteiger partial charge in [0.1, 0.15) is 5.75 Å². The minimum atomic E-state index is 0.567. The number of nitrogen functional groups attached to an aromatic ring is 1. The van der Waals surface area contributed by atoms with E-state index >= 15 is 0 Å². The van der Waals surface area contributed by atoms with Crippen LogP contribution in [0.2, 0.25) is 0 Å². The van der Waals surface area contributed by atoms with Crippen LogP contribution in [0.1, 0.15) is 25.3 Å². The highest BCUT2D eigenvalue weighted by atomic mass is 16.5. The molecular weight excluding hydrogens is 414 g/mol. The molecule has 7 heteroatoms. The molecule has 0 bridgehead atoms. The van der Waals surface area contributed by atoms with Crippen molar-refractivity contribution in [1.29, 1.82) is 0 Å². The zero-order chi connectivity index (χ0) is 22.9. The lowest BCUT2D eigenvalue weighted by Crippen LogP contribution is -2.37. The van der Waals surface area contributed by atoms with Crippen molar-refractivity contribution < 1.29 is 9.47 Å². The number of nitrogens with zero attached hydrogens (tertiary/aromatic N) is 2. The summed E-state index contributed by atoms with van der Waals surface area (Å²) >= 11 is 0. The Bertz CT molecular complexity index is 986. The molecule has 33 heavy (non-hydrogen) atoms. The van der Waals surface area contributed by atoms with Gasteiger partial charge in [-0.2, -0.15) is 5.10 Å². The van der Waals surface area contributed by atoms with Crippen molar-refractivity contribution in [2.75, 3.05) is 50.1 Å². The lowest BCUT2D eigenvalue weighted by atomic mass is 10.1.